The van der Waals surface area contributed by atoms with Crippen LogP contribution < -0.4 is 10.6 Å². The van der Waals surface area contributed by atoms with Crippen molar-refractivity contribution in [1.82, 2.24) is 15.1 Å². The molecule has 0 aliphatic rings. The van der Waals surface area contributed by atoms with Gasteiger partial charge in [-0.3, -0.25) is 4.68 Å². The molecule has 0 bridgehead atoms. The van der Waals surface area contributed by atoms with Gasteiger partial charge in [0.15, 0.2) is 0 Å². The van der Waals surface area contributed by atoms with Crippen molar-refractivity contribution >= 4 is 19.8 Å². The van der Waals surface area contributed by atoms with Gasteiger partial charge >= 0.3 is 6.09 Å². The van der Waals surface area contributed by atoms with Crippen LogP contribution in [-0.4, -0.2) is 41.2 Å². The monoisotopic (exact) mass is 331 g/mol. The summed E-state index contributed by atoms with van der Waals surface area (Å²) in [5, 5.41) is 7.88. The van der Waals surface area contributed by atoms with Crippen LogP contribution in [0.25, 0.3) is 0 Å². The van der Waals surface area contributed by atoms with E-state index in [4.69, 9.17) is 13.8 Å². The second-order valence-electron chi connectivity index (χ2n) is 5.48. The summed E-state index contributed by atoms with van der Waals surface area (Å²) in [5.41, 5.74) is -0.492. The molecule has 0 spiro atoms. The highest BCUT2D eigenvalue weighted by Gasteiger charge is 2.16. The fourth-order valence-corrected chi connectivity index (χ4v) is 2.79. The Morgan fingerprint density at radius 2 is 1.95 bits per heavy atom. The average Bonchev–Trinajstić information content (AvgIpc) is 2.85. The van der Waals surface area contributed by atoms with Gasteiger partial charge in [-0.2, -0.15) is 5.10 Å². The second-order valence-corrected chi connectivity index (χ2v) is 7.03. The zero-order valence-electron chi connectivity index (χ0n) is 14.0. The van der Waals surface area contributed by atoms with Crippen molar-refractivity contribution in [3.63, 3.8) is 0 Å². The molecule has 8 heteroatoms. The second kappa shape index (κ2) is 9.08. The van der Waals surface area contributed by atoms with E-state index < -0.39 is 20.1 Å². The molecule has 1 amide bonds. The van der Waals surface area contributed by atoms with Gasteiger partial charge in [0, 0.05) is 12.7 Å². The lowest BCUT2D eigenvalue weighted by Gasteiger charge is -2.19. The Morgan fingerprint density at radius 3 is 2.50 bits per heavy atom. The van der Waals surface area contributed by atoms with Gasteiger partial charge < -0.3 is 19.1 Å². The van der Waals surface area contributed by atoms with Crippen LogP contribution in [-0.2, 0) is 20.3 Å². The zero-order valence-corrected chi connectivity index (χ0v) is 14.9. The molecule has 1 heterocycles. The molecule has 1 aromatic rings. The summed E-state index contributed by atoms with van der Waals surface area (Å²) >= 11 is 0. The van der Waals surface area contributed by atoms with Crippen molar-refractivity contribution in [3.8, 4) is 0 Å². The Hall–Kier alpha value is -1.17. The minimum Gasteiger partial charge on any atom is -0.444 e. The summed E-state index contributed by atoms with van der Waals surface area (Å²) in [6.45, 7) is 11.5. The molecule has 0 atom stereocenters. The number of rotatable bonds is 8. The predicted octanol–water partition coefficient (Wildman–Crippen LogP) is 2.42. The normalized spacial score (nSPS) is 11.7. The van der Waals surface area contributed by atoms with Gasteiger partial charge in [0.25, 0.3) is 0 Å². The standard InChI is InChI=1S/C14H26N3O4P/c1-6-19-22(20-7-2)12-10-16-17(11-12)9-8-15-13(18)21-14(3,4)5/h10-11H,6-9H2,1-5H3,(H,15,18). The Bertz CT molecular complexity index is 453. The van der Waals surface area contributed by atoms with Crippen molar-refractivity contribution in [2.45, 2.75) is 46.8 Å². The van der Waals surface area contributed by atoms with Crippen molar-refractivity contribution in [1.29, 1.82) is 0 Å². The van der Waals surface area contributed by atoms with Crippen LogP contribution in [0.3, 0.4) is 0 Å². The van der Waals surface area contributed by atoms with E-state index in [1.807, 2.05) is 40.8 Å². The fraction of sp³-hybridized carbons (Fsp3) is 0.714. The maximum Gasteiger partial charge on any atom is 0.407 e. The largest absolute Gasteiger partial charge is 0.444 e. The number of carbonyl (C=O) groups excluding carboxylic acids is 1. The van der Waals surface area contributed by atoms with Crippen LogP contribution in [0, 0.1) is 0 Å². The van der Waals surface area contributed by atoms with Crippen LogP contribution in [0.4, 0.5) is 4.79 Å². The van der Waals surface area contributed by atoms with E-state index in [1.165, 1.54) is 0 Å². The average molecular weight is 331 g/mol. The number of amides is 1. The molecule has 0 saturated carbocycles. The van der Waals surface area contributed by atoms with E-state index in [9.17, 15) is 4.79 Å². The van der Waals surface area contributed by atoms with Crippen molar-refractivity contribution in [3.05, 3.63) is 12.4 Å². The van der Waals surface area contributed by atoms with E-state index in [2.05, 4.69) is 10.4 Å². The molecule has 7 nitrogen and oxygen atoms in total. The Kier molecular flexibility index (Phi) is 7.79. The van der Waals surface area contributed by atoms with Crippen LogP contribution in [0.1, 0.15) is 34.6 Å². The molecule has 1 aromatic heterocycles. The molecule has 0 aromatic carbocycles. The lowest BCUT2D eigenvalue weighted by atomic mass is 10.2. The highest BCUT2D eigenvalue weighted by atomic mass is 31.2. The van der Waals surface area contributed by atoms with Gasteiger partial charge in [0.1, 0.15) is 5.60 Å². The van der Waals surface area contributed by atoms with Crippen molar-refractivity contribution in [2.75, 3.05) is 19.8 Å². The third-order valence-electron chi connectivity index (χ3n) is 2.33. The molecule has 22 heavy (non-hydrogen) atoms. The summed E-state index contributed by atoms with van der Waals surface area (Å²) in [6, 6.07) is 0. The number of ether oxygens (including phenoxy) is 1. The quantitative estimate of drug-likeness (QED) is 0.741. The smallest absolute Gasteiger partial charge is 0.407 e. The van der Waals surface area contributed by atoms with Crippen LogP contribution in [0.2, 0.25) is 0 Å². The Labute approximate surface area is 133 Å². The minimum absolute atomic E-state index is 0.425. The summed E-state index contributed by atoms with van der Waals surface area (Å²) < 4.78 is 18.1. The van der Waals surface area contributed by atoms with Crippen molar-refractivity contribution < 1.29 is 18.6 Å². The fourth-order valence-electron chi connectivity index (χ4n) is 1.58. The molecule has 0 radical (unpaired) electrons. The number of nitrogens with zero attached hydrogens (tertiary/aromatic N) is 2. The molecule has 1 N–H and O–H groups in total. The first-order valence-electron chi connectivity index (χ1n) is 7.41. The summed E-state index contributed by atoms with van der Waals surface area (Å²) in [4.78, 5) is 11.5. The maximum absolute atomic E-state index is 11.5. The summed E-state index contributed by atoms with van der Waals surface area (Å²) in [6.07, 6.45) is 3.20. The maximum atomic E-state index is 11.5. The van der Waals surface area contributed by atoms with E-state index in [0.717, 1.165) is 5.30 Å². The van der Waals surface area contributed by atoms with E-state index >= 15 is 0 Å². The lowest BCUT2D eigenvalue weighted by molar-refractivity contribution is 0.0525. The van der Waals surface area contributed by atoms with Gasteiger partial charge in [-0.1, -0.05) is 0 Å². The van der Waals surface area contributed by atoms with E-state index in [-0.39, 0.29) is 0 Å². The van der Waals surface area contributed by atoms with Gasteiger partial charge in [-0.05, 0) is 34.6 Å². The zero-order chi connectivity index (χ0) is 16.6. The highest BCUT2D eigenvalue weighted by Crippen LogP contribution is 2.36. The summed E-state index contributed by atoms with van der Waals surface area (Å²) in [5.74, 6) is 0. The molecule has 0 saturated heterocycles. The molecule has 0 fully saturated rings. The van der Waals surface area contributed by atoms with Crippen LogP contribution in [0.15, 0.2) is 12.4 Å². The molecule has 126 valence electrons. The predicted molar refractivity (Wildman–Crippen MR) is 86.3 cm³/mol. The van der Waals surface area contributed by atoms with E-state index in [1.54, 1.807) is 10.9 Å². The number of nitrogens with one attached hydrogen (secondary N) is 1. The molecule has 0 aliphatic carbocycles. The minimum atomic E-state index is -1.08. The van der Waals surface area contributed by atoms with Gasteiger partial charge in [-0.25, -0.2) is 4.79 Å². The number of hydrogen-bond acceptors (Lipinski definition) is 5. The molecular formula is C14H26N3O4P. The first-order chi connectivity index (χ1) is 10.4. The molecule has 0 aliphatic heterocycles. The topological polar surface area (TPSA) is 74.6 Å². The van der Waals surface area contributed by atoms with Crippen LogP contribution in [0.5, 0.6) is 0 Å². The van der Waals surface area contributed by atoms with E-state index in [0.29, 0.717) is 26.3 Å². The SMILES string of the molecule is CCOP(OCC)c1cnn(CCNC(=O)OC(C)(C)C)c1. The lowest BCUT2D eigenvalue weighted by Crippen LogP contribution is -2.34. The summed E-state index contributed by atoms with van der Waals surface area (Å²) in [7, 11) is -1.08. The first-order valence-corrected chi connectivity index (χ1v) is 8.58. The van der Waals surface area contributed by atoms with Crippen LogP contribution >= 0.6 is 8.38 Å². The number of carbonyl (C=O) groups is 1. The number of hydrogen-bond donors (Lipinski definition) is 1. The third-order valence-corrected chi connectivity index (χ3v) is 3.97. The van der Waals surface area contributed by atoms with Crippen molar-refractivity contribution in [2.24, 2.45) is 0 Å². The Balaban J connectivity index is 2.43. The van der Waals surface area contributed by atoms with Gasteiger partial charge in [-0.15, -0.1) is 0 Å². The van der Waals surface area contributed by atoms with Gasteiger partial charge in [0.05, 0.1) is 31.3 Å². The molecule has 1 rings (SSSR count). The molecular weight excluding hydrogens is 305 g/mol. The first kappa shape index (κ1) is 18.9. The Morgan fingerprint density at radius 1 is 1.32 bits per heavy atom. The number of aromatic nitrogens is 2. The van der Waals surface area contributed by atoms with Gasteiger partial charge in [0.2, 0.25) is 8.38 Å². The highest BCUT2D eigenvalue weighted by molar-refractivity contribution is 7.55. The molecule has 0 unspecified atom stereocenters. The third kappa shape index (κ3) is 7.20. The number of alkyl carbamates (subject to hydrolysis) is 1.